The molecule has 0 heterocycles. The molecule has 1 N–H and O–H groups in total. The number of halogens is 2. The van der Waals surface area contributed by atoms with Gasteiger partial charge in [0.05, 0.1) is 10.6 Å². The van der Waals surface area contributed by atoms with E-state index in [2.05, 4.69) is 5.32 Å². The van der Waals surface area contributed by atoms with E-state index in [-0.39, 0.29) is 23.1 Å². The zero-order valence-electron chi connectivity index (χ0n) is 12.4. The molecule has 0 aliphatic heterocycles. The van der Waals surface area contributed by atoms with Gasteiger partial charge in [-0.15, -0.1) is 0 Å². The zero-order chi connectivity index (χ0) is 16.8. The van der Waals surface area contributed by atoms with Gasteiger partial charge in [-0.2, -0.15) is 0 Å². The summed E-state index contributed by atoms with van der Waals surface area (Å²) in [5.74, 6) is -1.05. The largest absolute Gasteiger partial charge is 0.452 e. The van der Waals surface area contributed by atoms with Crippen LogP contribution in [0.25, 0.3) is 0 Å². The maximum absolute atomic E-state index is 11.9. The molecular formula is C17H15Cl2NO3. The van der Waals surface area contributed by atoms with Crippen molar-refractivity contribution >= 4 is 35.1 Å². The Hall–Kier alpha value is -2.04. The molecule has 0 aliphatic carbocycles. The van der Waals surface area contributed by atoms with Crippen LogP contribution in [0.4, 0.5) is 0 Å². The lowest BCUT2D eigenvalue weighted by Gasteiger charge is -2.08. The summed E-state index contributed by atoms with van der Waals surface area (Å²) in [6.07, 6.45) is 0. The molecule has 23 heavy (non-hydrogen) atoms. The number of nitrogens with one attached hydrogen (secondary N) is 1. The van der Waals surface area contributed by atoms with Gasteiger partial charge in [0.1, 0.15) is 0 Å². The van der Waals surface area contributed by atoms with Gasteiger partial charge < -0.3 is 10.1 Å². The average Bonchev–Trinajstić information content (AvgIpc) is 2.52. The van der Waals surface area contributed by atoms with Crippen LogP contribution < -0.4 is 5.32 Å². The van der Waals surface area contributed by atoms with E-state index in [1.165, 1.54) is 18.2 Å². The SMILES string of the molecule is Cc1ccc(CNC(=O)COC(=O)c2ccc(Cl)cc2Cl)cc1. The molecule has 6 heteroatoms. The maximum atomic E-state index is 11.9. The molecule has 0 unspecified atom stereocenters. The molecular weight excluding hydrogens is 337 g/mol. The summed E-state index contributed by atoms with van der Waals surface area (Å²) in [6, 6.07) is 12.2. The number of ether oxygens (including phenoxy) is 1. The highest BCUT2D eigenvalue weighted by atomic mass is 35.5. The molecule has 0 bridgehead atoms. The van der Waals surface area contributed by atoms with Crippen molar-refractivity contribution in [1.82, 2.24) is 5.32 Å². The molecule has 0 saturated carbocycles. The summed E-state index contributed by atoms with van der Waals surface area (Å²) < 4.78 is 4.94. The van der Waals surface area contributed by atoms with Gasteiger partial charge in [0, 0.05) is 11.6 Å². The fraction of sp³-hybridized carbons (Fsp3) is 0.176. The molecule has 0 aliphatic rings. The second-order valence-electron chi connectivity index (χ2n) is 4.96. The van der Waals surface area contributed by atoms with Crippen LogP contribution in [0.5, 0.6) is 0 Å². The van der Waals surface area contributed by atoms with E-state index in [1.54, 1.807) is 0 Å². The minimum absolute atomic E-state index is 0.169. The van der Waals surface area contributed by atoms with Gasteiger partial charge in [-0.25, -0.2) is 4.79 Å². The highest BCUT2D eigenvalue weighted by molar-refractivity contribution is 6.36. The Morgan fingerprint density at radius 3 is 2.43 bits per heavy atom. The number of aryl methyl sites for hydroxylation is 1. The summed E-state index contributed by atoms with van der Waals surface area (Å²) in [5.41, 5.74) is 2.28. The number of carbonyl (C=O) groups excluding carboxylic acids is 2. The number of hydrogen-bond donors (Lipinski definition) is 1. The highest BCUT2D eigenvalue weighted by Crippen LogP contribution is 2.21. The Morgan fingerprint density at radius 1 is 1.09 bits per heavy atom. The van der Waals surface area contributed by atoms with Gasteiger partial charge in [0.15, 0.2) is 6.61 Å². The highest BCUT2D eigenvalue weighted by Gasteiger charge is 2.14. The van der Waals surface area contributed by atoms with Crippen molar-refractivity contribution in [2.45, 2.75) is 13.5 Å². The molecule has 1 amide bonds. The predicted molar refractivity (Wildman–Crippen MR) is 89.8 cm³/mol. The fourth-order valence-corrected chi connectivity index (χ4v) is 2.31. The lowest BCUT2D eigenvalue weighted by Crippen LogP contribution is -2.28. The van der Waals surface area contributed by atoms with E-state index >= 15 is 0 Å². The first-order valence-corrected chi connectivity index (χ1v) is 7.66. The van der Waals surface area contributed by atoms with Gasteiger partial charge in [0.2, 0.25) is 0 Å². The molecule has 120 valence electrons. The zero-order valence-corrected chi connectivity index (χ0v) is 13.9. The first-order chi connectivity index (χ1) is 11.0. The number of benzene rings is 2. The van der Waals surface area contributed by atoms with Crippen LogP contribution in [0.2, 0.25) is 10.0 Å². The van der Waals surface area contributed by atoms with Gasteiger partial charge in [-0.1, -0.05) is 53.0 Å². The Balaban J connectivity index is 1.81. The topological polar surface area (TPSA) is 55.4 Å². The molecule has 2 rings (SSSR count). The minimum Gasteiger partial charge on any atom is -0.452 e. The lowest BCUT2D eigenvalue weighted by molar-refractivity contribution is -0.124. The summed E-state index contributed by atoms with van der Waals surface area (Å²) in [7, 11) is 0. The quantitative estimate of drug-likeness (QED) is 0.834. The Kier molecular flexibility index (Phi) is 6.02. The van der Waals surface area contributed by atoms with Crippen LogP contribution in [-0.4, -0.2) is 18.5 Å². The Morgan fingerprint density at radius 2 is 1.78 bits per heavy atom. The fourth-order valence-electron chi connectivity index (χ4n) is 1.82. The lowest BCUT2D eigenvalue weighted by atomic mass is 10.1. The molecule has 2 aromatic carbocycles. The first kappa shape index (κ1) is 17.3. The van der Waals surface area contributed by atoms with E-state index in [4.69, 9.17) is 27.9 Å². The molecule has 0 atom stereocenters. The molecule has 4 nitrogen and oxygen atoms in total. The number of hydrogen-bond acceptors (Lipinski definition) is 3. The summed E-state index contributed by atoms with van der Waals surface area (Å²) in [6.45, 7) is 1.99. The van der Waals surface area contributed by atoms with Crippen LogP contribution >= 0.6 is 23.2 Å². The molecule has 0 spiro atoms. The second-order valence-corrected chi connectivity index (χ2v) is 5.81. The third kappa shape index (κ3) is 5.27. The van der Waals surface area contributed by atoms with Crippen LogP contribution in [0, 0.1) is 6.92 Å². The van der Waals surface area contributed by atoms with Crippen molar-refractivity contribution in [3.63, 3.8) is 0 Å². The number of rotatable bonds is 5. The van der Waals surface area contributed by atoms with Crippen LogP contribution in [0.3, 0.4) is 0 Å². The standard InChI is InChI=1S/C17H15Cl2NO3/c1-11-2-4-12(5-3-11)9-20-16(21)10-23-17(22)14-7-6-13(18)8-15(14)19/h2-8H,9-10H2,1H3,(H,20,21). The maximum Gasteiger partial charge on any atom is 0.340 e. The van der Waals surface area contributed by atoms with Crippen LogP contribution in [0.1, 0.15) is 21.5 Å². The van der Waals surface area contributed by atoms with Gasteiger partial charge in [-0.05, 0) is 30.7 Å². The van der Waals surface area contributed by atoms with Crippen molar-refractivity contribution in [1.29, 1.82) is 0 Å². The molecule has 0 fully saturated rings. The Labute approximate surface area is 144 Å². The normalized spacial score (nSPS) is 10.2. The van der Waals surface area contributed by atoms with Gasteiger partial charge >= 0.3 is 5.97 Å². The van der Waals surface area contributed by atoms with E-state index in [0.717, 1.165) is 11.1 Å². The predicted octanol–water partition coefficient (Wildman–Crippen LogP) is 3.78. The van der Waals surface area contributed by atoms with Crippen LogP contribution in [0.15, 0.2) is 42.5 Å². The number of carbonyl (C=O) groups is 2. The number of amides is 1. The molecule has 2 aromatic rings. The third-order valence-corrected chi connectivity index (χ3v) is 3.64. The second kappa shape index (κ2) is 7.99. The van der Waals surface area contributed by atoms with Crippen molar-refractivity contribution < 1.29 is 14.3 Å². The van der Waals surface area contributed by atoms with Gasteiger partial charge in [0.25, 0.3) is 5.91 Å². The monoisotopic (exact) mass is 351 g/mol. The average molecular weight is 352 g/mol. The van der Waals surface area contributed by atoms with E-state index in [9.17, 15) is 9.59 Å². The minimum atomic E-state index is -0.669. The molecule has 0 aromatic heterocycles. The van der Waals surface area contributed by atoms with E-state index < -0.39 is 5.97 Å². The molecule has 0 radical (unpaired) electrons. The smallest absolute Gasteiger partial charge is 0.340 e. The first-order valence-electron chi connectivity index (χ1n) is 6.90. The molecule has 0 saturated heterocycles. The van der Waals surface area contributed by atoms with Crippen molar-refractivity contribution in [3.05, 3.63) is 69.2 Å². The number of esters is 1. The van der Waals surface area contributed by atoms with Crippen LogP contribution in [-0.2, 0) is 16.1 Å². The summed E-state index contributed by atoms with van der Waals surface area (Å²) in [5, 5.41) is 3.28. The van der Waals surface area contributed by atoms with Crippen molar-refractivity contribution in [2.24, 2.45) is 0 Å². The Bertz CT molecular complexity index is 714. The van der Waals surface area contributed by atoms with Gasteiger partial charge in [-0.3, -0.25) is 4.79 Å². The van der Waals surface area contributed by atoms with Crippen molar-refractivity contribution in [2.75, 3.05) is 6.61 Å². The van der Waals surface area contributed by atoms with E-state index in [1.807, 2.05) is 31.2 Å². The third-order valence-electron chi connectivity index (χ3n) is 3.10. The van der Waals surface area contributed by atoms with Crippen molar-refractivity contribution in [3.8, 4) is 0 Å². The summed E-state index contributed by atoms with van der Waals surface area (Å²) in [4.78, 5) is 23.6. The summed E-state index contributed by atoms with van der Waals surface area (Å²) >= 11 is 11.7. The van der Waals surface area contributed by atoms with E-state index in [0.29, 0.717) is 11.6 Å².